The molecule has 3 nitrogen and oxygen atoms in total. The predicted molar refractivity (Wildman–Crippen MR) is 57.9 cm³/mol. The highest BCUT2D eigenvalue weighted by molar-refractivity contribution is 5.34. The minimum atomic E-state index is -0.0808. The van der Waals surface area contributed by atoms with Crippen LogP contribution in [0.1, 0.15) is 30.9 Å². The van der Waals surface area contributed by atoms with Gasteiger partial charge in [0, 0.05) is 11.6 Å². The largest absolute Gasteiger partial charge is 0.508 e. The number of rotatable bonds is 5. The summed E-state index contributed by atoms with van der Waals surface area (Å²) in [6, 6.07) is 7.13. The van der Waals surface area contributed by atoms with Crippen molar-refractivity contribution >= 4 is 0 Å². The molecule has 0 heterocycles. The van der Waals surface area contributed by atoms with Crippen LogP contribution in [0, 0.1) is 0 Å². The molecule has 0 aliphatic rings. The monoisotopic (exact) mass is 194 g/mol. The van der Waals surface area contributed by atoms with Crippen molar-refractivity contribution < 1.29 is 5.11 Å². The molecule has 0 bridgehead atoms. The molecule has 0 unspecified atom stereocenters. The molecule has 0 radical (unpaired) electrons. The lowest BCUT2D eigenvalue weighted by Gasteiger charge is -2.12. The molecule has 0 aliphatic heterocycles. The Morgan fingerprint density at radius 1 is 1.21 bits per heavy atom. The van der Waals surface area contributed by atoms with Gasteiger partial charge in [-0.05, 0) is 25.5 Å². The van der Waals surface area contributed by atoms with Gasteiger partial charge in [-0.25, -0.2) is 0 Å². The van der Waals surface area contributed by atoms with E-state index < -0.39 is 0 Å². The second-order valence-electron chi connectivity index (χ2n) is 3.45. The number of hydrogen-bond donors (Lipinski definition) is 3. The summed E-state index contributed by atoms with van der Waals surface area (Å²) in [6.07, 6.45) is 2.86. The van der Waals surface area contributed by atoms with Crippen molar-refractivity contribution in [1.29, 1.82) is 0 Å². The zero-order valence-corrected chi connectivity index (χ0v) is 8.32. The minimum absolute atomic E-state index is 0.0808. The number of aromatic hydroxyl groups is 1. The lowest BCUT2D eigenvalue weighted by Crippen LogP contribution is -2.11. The van der Waals surface area contributed by atoms with E-state index in [2.05, 4.69) is 0 Å². The van der Waals surface area contributed by atoms with Crippen LogP contribution in [0.4, 0.5) is 0 Å². The van der Waals surface area contributed by atoms with Gasteiger partial charge < -0.3 is 16.6 Å². The molecule has 0 aromatic heterocycles. The number of phenols is 1. The average Bonchev–Trinajstić information content (AvgIpc) is 2.18. The molecule has 14 heavy (non-hydrogen) atoms. The first-order valence-corrected chi connectivity index (χ1v) is 4.99. The average molecular weight is 194 g/mol. The minimum Gasteiger partial charge on any atom is -0.508 e. The number of benzene rings is 1. The smallest absolute Gasteiger partial charge is 0.120 e. The van der Waals surface area contributed by atoms with Crippen LogP contribution in [0.15, 0.2) is 24.3 Å². The molecule has 3 heteroatoms. The first-order chi connectivity index (χ1) is 6.75. The van der Waals surface area contributed by atoms with Gasteiger partial charge in [0.1, 0.15) is 5.75 Å². The van der Waals surface area contributed by atoms with E-state index in [9.17, 15) is 5.11 Å². The van der Waals surface area contributed by atoms with Gasteiger partial charge in [0.05, 0.1) is 0 Å². The van der Waals surface area contributed by atoms with E-state index in [1.54, 1.807) is 12.1 Å². The number of hydrogen-bond acceptors (Lipinski definition) is 3. The maximum Gasteiger partial charge on any atom is 0.120 e. The molecule has 1 aromatic rings. The summed E-state index contributed by atoms with van der Waals surface area (Å²) in [7, 11) is 0. The van der Waals surface area contributed by atoms with Crippen molar-refractivity contribution in [3.05, 3.63) is 29.8 Å². The second kappa shape index (κ2) is 5.62. The topological polar surface area (TPSA) is 72.3 Å². The quantitative estimate of drug-likeness (QED) is 0.622. The molecule has 5 N–H and O–H groups in total. The van der Waals surface area contributed by atoms with Crippen molar-refractivity contribution in [2.45, 2.75) is 25.3 Å². The molecular formula is C11H18N2O. The van der Waals surface area contributed by atoms with Crippen molar-refractivity contribution in [2.75, 3.05) is 6.54 Å². The third kappa shape index (κ3) is 3.01. The van der Waals surface area contributed by atoms with Gasteiger partial charge in [0.25, 0.3) is 0 Å². The van der Waals surface area contributed by atoms with Crippen molar-refractivity contribution in [2.24, 2.45) is 11.5 Å². The fourth-order valence-electron chi connectivity index (χ4n) is 1.47. The summed E-state index contributed by atoms with van der Waals surface area (Å²) >= 11 is 0. The van der Waals surface area contributed by atoms with Crippen LogP contribution in [-0.2, 0) is 0 Å². The normalized spacial score (nSPS) is 12.7. The number of nitrogens with two attached hydrogens (primary N) is 2. The molecule has 0 saturated heterocycles. The third-order valence-electron chi connectivity index (χ3n) is 2.31. The van der Waals surface area contributed by atoms with Crippen molar-refractivity contribution in [3.63, 3.8) is 0 Å². The summed E-state index contributed by atoms with van der Waals surface area (Å²) in [4.78, 5) is 0. The zero-order chi connectivity index (χ0) is 10.4. The molecule has 0 spiro atoms. The van der Waals surface area contributed by atoms with Gasteiger partial charge in [-0.1, -0.05) is 24.6 Å². The van der Waals surface area contributed by atoms with Crippen LogP contribution < -0.4 is 11.5 Å². The fraction of sp³-hybridized carbons (Fsp3) is 0.455. The summed E-state index contributed by atoms with van der Waals surface area (Å²) in [5.74, 6) is 0.285. The Kier molecular flexibility index (Phi) is 4.43. The van der Waals surface area contributed by atoms with E-state index in [1.165, 1.54) is 0 Å². The first-order valence-electron chi connectivity index (χ1n) is 4.99. The third-order valence-corrected chi connectivity index (χ3v) is 2.31. The Morgan fingerprint density at radius 2 is 1.93 bits per heavy atom. The summed E-state index contributed by atoms with van der Waals surface area (Å²) in [5, 5.41) is 9.53. The van der Waals surface area contributed by atoms with Crippen LogP contribution in [0.25, 0.3) is 0 Å². The molecule has 0 amide bonds. The Bertz CT molecular complexity index is 276. The Labute approximate surface area is 84.7 Å². The fourth-order valence-corrected chi connectivity index (χ4v) is 1.47. The van der Waals surface area contributed by atoms with E-state index in [-0.39, 0.29) is 11.8 Å². The van der Waals surface area contributed by atoms with Gasteiger partial charge >= 0.3 is 0 Å². The first kappa shape index (κ1) is 11.0. The maximum absolute atomic E-state index is 9.53. The lowest BCUT2D eigenvalue weighted by atomic mass is 10.0. The van der Waals surface area contributed by atoms with E-state index in [1.807, 2.05) is 12.1 Å². The van der Waals surface area contributed by atoms with Gasteiger partial charge in [-0.15, -0.1) is 0 Å². The highest BCUT2D eigenvalue weighted by Gasteiger charge is 2.08. The summed E-state index contributed by atoms with van der Waals surface area (Å²) < 4.78 is 0. The van der Waals surface area contributed by atoms with Crippen molar-refractivity contribution in [1.82, 2.24) is 0 Å². The molecule has 78 valence electrons. The van der Waals surface area contributed by atoms with Crippen LogP contribution in [0.3, 0.4) is 0 Å². The van der Waals surface area contributed by atoms with Gasteiger partial charge in [-0.3, -0.25) is 0 Å². The highest BCUT2D eigenvalue weighted by Crippen LogP contribution is 2.24. The molecular weight excluding hydrogens is 176 g/mol. The van der Waals surface area contributed by atoms with Gasteiger partial charge in [0.2, 0.25) is 0 Å². The van der Waals surface area contributed by atoms with Gasteiger partial charge in [-0.2, -0.15) is 0 Å². The van der Waals surface area contributed by atoms with Crippen LogP contribution in [-0.4, -0.2) is 11.7 Å². The molecule has 0 saturated carbocycles. The molecule has 0 fully saturated rings. The lowest BCUT2D eigenvalue weighted by molar-refractivity contribution is 0.456. The molecule has 1 rings (SSSR count). The Hall–Kier alpha value is -1.06. The van der Waals surface area contributed by atoms with Crippen LogP contribution in [0.2, 0.25) is 0 Å². The van der Waals surface area contributed by atoms with E-state index >= 15 is 0 Å². The number of unbranched alkanes of at least 4 members (excludes halogenated alkanes) is 1. The summed E-state index contributed by atoms with van der Waals surface area (Å²) in [6.45, 7) is 0.702. The SMILES string of the molecule is NCCCC[C@@H](N)c1ccccc1O. The standard InChI is InChI=1S/C11H18N2O/c12-8-4-3-6-10(13)9-5-1-2-7-11(9)14/h1-2,5,7,10,14H,3-4,6,8,12-13H2/t10-/m1/s1. The van der Waals surface area contributed by atoms with Crippen LogP contribution in [0.5, 0.6) is 5.75 Å². The Balaban J connectivity index is 2.51. The van der Waals surface area contributed by atoms with E-state index in [0.29, 0.717) is 6.54 Å². The predicted octanol–water partition coefficient (Wildman–Crippen LogP) is 1.52. The zero-order valence-electron chi connectivity index (χ0n) is 8.32. The van der Waals surface area contributed by atoms with E-state index in [0.717, 1.165) is 24.8 Å². The van der Waals surface area contributed by atoms with E-state index in [4.69, 9.17) is 11.5 Å². The second-order valence-corrected chi connectivity index (χ2v) is 3.45. The molecule has 1 atom stereocenters. The maximum atomic E-state index is 9.53. The van der Waals surface area contributed by atoms with Gasteiger partial charge in [0.15, 0.2) is 0 Å². The number of phenolic OH excluding ortho intramolecular Hbond substituents is 1. The van der Waals surface area contributed by atoms with Crippen LogP contribution >= 0.6 is 0 Å². The number of para-hydroxylation sites is 1. The molecule has 1 aromatic carbocycles. The van der Waals surface area contributed by atoms with Crippen molar-refractivity contribution in [3.8, 4) is 5.75 Å². The molecule has 0 aliphatic carbocycles. The Morgan fingerprint density at radius 3 is 2.57 bits per heavy atom. The summed E-state index contributed by atoms with van der Waals surface area (Å²) in [5.41, 5.74) is 12.2. The highest BCUT2D eigenvalue weighted by atomic mass is 16.3.